The van der Waals surface area contributed by atoms with Gasteiger partial charge in [-0.05, 0) is 80.0 Å². The zero-order valence-electron chi connectivity index (χ0n) is 20.4. The molecule has 1 spiro atoms. The summed E-state index contributed by atoms with van der Waals surface area (Å²) in [5.41, 5.74) is -1.26. The maximum absolute atomic E-state index is 11.7. The Bertz CT molecular complexity index is 763. The summed E-state index contributed by atoms with van der Waals surface area (Å²) >= 11 is 0. The van der Waals surface area contributed by atoms with Gasteiger partial charge in [0.05, 0.1) is 30.5 Å². The monoisotopic (exact) mass is 448 g/mol. The Labute approximate surface area is 193 Å². The maximum Gasteiger partial charge on any atom is 0.171 e. The first-order valence-corrected chi connectivity index (χ1v) is 13.4. The molecule has 182 valence electrons. The molecule has 6 aliphatic rings. The molecule has 4 saturated carbocycles. The average molecular weight is 449 g/mol. The van der Waals surface area contributed by atoms with Gasteiger partial charge in [-0.1, -0.05) is 27.7 Å². The van der Waals surface area contributed by atoms with Gasteiger partial charge in [-0.3, -0.25) is 0 Å². The first kappa shape index (κ1) is 22.3. The summed E-state index contributed by atoms with van der Waals surface area (Å²) in [6.45, 7) is 10.2. The summed E-state index contributed by atoms with van der Waals surface area (Å²) in [6.07, 6.45) is 7.08. The zero-order chi connectivity index (χ0) is 22.7. The van der Waals surface area contributed by atoms with E-state index in [1.54, 1.807) is 0 Å². The Morgan fingerprint density at radius 2 is 1.69 bits per heavy atom. The summed E-state index contributed by atoms with van der Waals surface area (Å²) in [5.74, 6) is 2.52. The van der Waals surface area contributed by atoms with Crippen LogP contribution in [0, 0.1) is 46.3 Å². The van der Waals surface area contributed by atoms with E-state index in [0.717, 1.165) is 38.7 Å². The number of fused-ring (bicyclic) bond motifs is 7. The van der Waals surface area contributed by atoms with Crippen LogP contribution in [-0.2, 0) is 9.47 Å². The van der Waals surface area contributed by atoms with Gasteiger partial charge in [0.2, 0.25) is 0 Å². The normalized spacial score (nSPS) is 64.0. The van der Waals surface area contributed by atoms with Crippen molar-refractivity contribution in [3.63, 3.8) is 0 Å². The van der Waals surface area contributed by atoms with Gasteiger partial charge in [0.15, 0.2) is 5.79 Å². The highest BCUT2D eigenvalue weighted by molar-refractivity contribution is 5.19. The van der Waals surface area contributed by atoms with Crippen LogP contribution in [-0.4, -0.2) is 51.6 Å². The summed E-state index contributed by atoms with van der Waals surface area (Å²) in [5, 5.41) is 33.2. The van der Waals surface area contributed by atoms with Crippen molar-refractivity contribution in [2.75, 3.05) is 6.61 Å². The Balaban J connectivity index is 1.30. The summed E-state index contributed by atoms with van der Waals surface area (Å²) < 4.78 is 13.3. The third kappa shape index (κ3) is 2.64. The average Bonchev–Trinajstić information content (AvgIpc) is 3.18. The molecule has 0 bridgehead atoms. The third-order valence-electron chi connectivity index (χ3n) is 12.1. The van der Waals surface area contributed by atoms with Crippen LogP contribution in [0.15, 0.2) is 0 Å². The molecule has 2 heterocycles. The van der Waals surface area contributed by atoms with Crippen LogP contribution in [0.25, 0.3) is 0 Å². The molecule has 0 aromatic rings. The first-order valence-electron chi connectivity index (χ1n) is 13.4. The van der Waals surface area contributed by atoms with Crippen molar-refractivity contribution >= 4 is 0 Å². The van der Waals surface area contributed by atoms with Crippen LogP contribution in [0.4, 0.5) is 0 Å². The molecule has 5 heteroatoms. The fourth-order valence-corrected chi connectivity index (χ4v) is 10.3. The number of aliphatic hydroxyl groups excluding tert-OH is 2. The lowest BCUT2D eigenvalue weighted by atomic mass is 9.42. The van der Waals surface area contributed by atoms with Crippen molar-refractivity contribution in [1.29, 1.82) is 0 Å². The van der Waals surface area contributed by atoms with Gasteiger partial charge in [0.25, 0.3) is 0 Å². The number of hydrogen-bond acceptors (Lipinski definition) is 5. The molecule has 0 aromatic carbocycles. The van der Waals surface area contributed by atoms with Crippen LogP contribution in [0.1, 0.15) is 85.5 Å². The van der Waals surface area contributed by atoms with Crippen molar-refractivity contribution in [2.24, 2.45) is 46.3 Å². The van der Waals surface area contributed by atoms with E-state index in [0.29, 0.717) is 48.3 Å². The van der Waals surface area contributed by atoms with E-state index in [1.165, 1.54) is 12.8 Å². The molecule has 32 heavy (non-hydrogen) atoms. The molecule has 0 amide bonds. The Morgan fingerprint density at radius 1 is 0.906 bits per heavy atom. The van der Waals surface area contributed by atoms with Crippen LogP contribution >= 0.6 is 0 Å². The molecule has 7 unspecified atom stereocenters. The molecular formula is C27H44O5. The summed E-state index contributed by atoms with van der Waals surface area (Å²) in [7, 11) is 0. The van der Waals surface area contributed by atoms with E-state index in [2.05, 4.69) is 27.7 Å². The molecule has 3 N–H and O–H groups in total. The molecule has 0 aromatic heterocycles. The number of hydrogen-bond donors (Lipinski definition) is 3. The lowest BCUT2D eigenvalue weighted by molar-refractivity contribution is -0.279. The third-order valence-corrected chi connectivity index (χ3v) is 12.1. The standard InChI is InChI=1S/C27H44O5/c1-15-5-10-27(31-14-15)16(2)23-21(32-27)12-20-18-11-22(29)26(30)13-17(28)6-9-25(26,4)19(18)7-8-24(20,23)3/h15-23,28-30H,5-14H2,1-4H3/t15?,16?,17-,18?,19?,20?,21-,22+,23?,24-,25+,26-,27?/m0/s1. The van der Waals surface area contributed by atoms with Crippen LogP contribution in [0.3, 0.4) is 0 Å². The van der Waals surface area contributed by atoms with Crippen molar-refractivity contribution in [1.82, 2.24) is 0 Å². The molecule has 6 rings (SSSR count). The van der Waals surface area contributed by atoms with E-state index >= 15 is 0 Å². The molecular weight excluding hydrogens is 404 g/mol. The largest absolute Gasteiger partial charge is 0.393 e. The first-order chi connectivity index (χ1) is 15.0. The molecule has 5 nitrogen and oxygen atoms in total. The lowest BCUT2D eigenvalue weighted by Crippen LogP contribution is -2.68. The topological polar surface area (TPSA) is 79.2 Å². The highest BCUT2D eigenvalue weighted by Crippen LogP contribution is 2.71. The Hall–Kier alpha value is -0.200. The lowest BCUT2D eigenvalue weighted by Gasteiger charge is -2.65. The Kier molecular flexibility index (Phi) is 4.83. The minimum absolute atomic E-state index is 0.209. The summed E-state index contributed by atoms with van der Waals surface area (Å²) in [6, 6.07) is 0. The van der Waals surface area contributed by atoms with Gasteiger partial charge in [-0.15, -0.1) is 0 Å². The van der Waals surface area contributed by atoms with E-state index < -0.39 is 17.8 Å². The molecule has 2 aliphatic heterocycles. The van der Waals surface area contributed by atoms with E-state index in [9.17, 15) is 15.3 Å². The number of aliphatic hydroxyl groups is 3. The Morgan fingerprint density at radius 3 is 2.41 bits per heavy atom. The van der Waals surface area contributed by atoms with E-state index in [-0.39, 0.29) is 22.7 Å². The van der Waals surface area contributed by atoms with Gasteiger partial charge in [-0.2, -0.15) is 0 Å². The van der Waals surface area contributed by atoms with Crippen molar-refractivity contribution in [3.8, 4) is 0 Å². The fraction of sp³-hybridized carbons (Fsp3) is 1.00. The molecule has 13 atom stereocenters. The van der Waals surface area contributed by atoms with Gasteiger partial charge in [0, 0.05) is 24.2 Å². The van der Waals surface area contributed by atoms with Crippen molar-refractivity contribution < 1.29 is 24.8 Å². The highest BCUT2D eigenvalue weighted by atomic mass is 16.7. The second kappa shape index (κ2) is 6.94. The molecule has 2 saturated heterocycles. The predicted molar refractivity (Wildman–Crippen MR) is 121 cm³/mol. The summed E-state index contributed by atoms with van der Waals surface area (Å²) in [4.78, 5) is 0. The second-order valence-electron chi connectivity index (χ2n) is 13.4. The van der Waals surface area contributed by atoms with Crippen LogP contribution < -0.4 is 0 Å². The molecule has 4 aliphatic carbocycles. The van der Waals surface area contributed by atoms with E-state index in [4.69, 9.17) is 9.47 Å². The van der Waals surface area contributed by atoms with Crippen molar-refractivity contribution in [2.45, 2.75) is 115 Å². The minimum Gasteiger partial charge on any atom is -0.393 e. The van der Waals surface area contributed by atoms with Crippen molar-refractivity contribution in [3.05, 3.63) is 0 Å². The minimum atomic E-state index is -1.16. The SMILES string of the molecule is CC1CCC2(OC1)O[C@H]1CC3C4C[C@@H](O)[C@@]5(O)C[C@@H](O)CC[C@]5(C)C4CC[C@]3(C)C1C2C. The number of rotatable bonds is 0. The van der Waals surface area contributed by atoms with Gasteiger partial charge < -0.3 is 24.8 Å². The molecule has 6 fully saturated rings. The highest BCUT2D eigenvalue weighted by Gasteiger charge is 2.71. The van der Waals surface area contributed by atoms with Gasteiger partial charge in [0.1, 0.15) is 0 Å². The quantitative estimate of drug-likeness (QED) is 0.524. The second-order valence-corrected chi connectivity index (χ2v) is 13.4. The predicted octanol–water partition coefficient (Wildman–Crippen LogP) is 3.88. The zero-order valence-corrected chi connectivity index (χ0v) is 20.4. The number of ether oxygens (including phenoxy) is 2. The fourth-order valence-electron chi connectivity index (χ4n) is 10.3. The van der Waals surface area contributed by atoms with Crippen LogP contribution in [0.5, 0.6) is 0 Å². The van der Waals surface area contributed by atoms with Gasteiger partial charge in [-0.25, -0.2) is 0 Å². The maximum atomic E-state index is 11.7. The molecule has 0 radical (unpaired) electrons. The van der Waals surface area contributed by atoms with Crippen LogP contribution in [0.2, 0.25) is 0 Å². The smallest absolute Gasteiger partial charge is 0.171 e. The van der Waals surface area contributed by atoms with Gasteiger partial charge >= 0.3 is 0 Å². The van der Waals surface area contributed by atoms with E-state index in [1.807, 2.05) is 0 Å².